The lowest BCUT2D eigenvalue weighted by Gasteiger charge is -2.30. The normalized spacial score (nSPS) is 13.6. The highest BCUT2D eigenvalue weighted by atomic mass is 15.1. The number of fused-ring (bicyclic) bond motifs is 15. The molecule has 3 heterocycles. The van der Waals surface area contributed by atoms with E-state index >= 15 is 0 Å². The molecule has 416 valence electrons. The first-order valence-electron chi connectivity index (χ1n) is 30.8. The number of anilines is 3. The van der Waals surface area contributed by atoms with Crippen LogP contribution < -0.4 is 4.90 Å². The van der Waals surface area contributed by atoms with Crippen LogP contribution in [0.5, 0.6) is 0 Å². The first-order chi connectivity index (χ1) is 43.2. The molecule has 4 nitrogen and oxygen atoms in total. The largest absolute Gasteiger partial charge is 0.310 e. The van der Waals surface area contributed by atoms with Gasteiger partial charge in [0.25, 0.3) is 0 Å². The number of hydrogen-bond donors (Lipinski definition) is 0. The molecule has 18 rings (SSSR count). The van der Waals surface area contributed by atoms with Crippen molar-refractivity contribution in [2.75, 3.05) is 4.90 Å². The van der Waals surface area contributed by atoms with Crippen molar-refractivity contribution < 1.29 is 0 Å². The zero-order valence-corrected chi connectivity index (χ0v) is 49.5. The van der Waals surface area contributed by atoms with Gasteiger partial charge in [-0.1, -0.05) is 198 Å². The maximum Gasteiger partial charge on any atom is 0.0547 e. The molecular formula is C84H60N4. The standard InChI is InChI=1S/C84H60N4/c1-83(2)73-47-53(55-33-43-71-69-25-13-17-29-79(69)87(81(71)49-55)57-19-7-5-8-20-57)31-41-63(73)65-45-39-61(51-75(65)83)85(59-35-37-60(38-36-59)86-77-27-15-11-23-67(77)68-24-12-16-28-78(68)86)62-40-46-66-64-42-32-54(48-74(64)84(3,4)76(66)52-62)56-34-44-72-70-26-14-18-30-80(70)88(82(72)50-56)58-21-9-6-10-22-58/h5-52H,1-4H3. The van der Waals surface area contributed by atoms with Gasteiger partial charge in [0.15, 0.2) is 0 Å². The Labute approximate surface area is 511 Å². The quantitative estimate of drug-likeness (QED) is 0.148. The molecule has 0 bridgehead atoms. The Morgan fingerprint density at radius 2 is 0.511 bits per heavy atom. The summed E-state index contributed by atoms with van der Waals surface area (Å²) in [6, 6.07) is 109. The second-order valence-corrected chi connectivity index (χ2v) is 25.3. The first kappa shape index (κ1) is 50.4. The third-order valence-electron chi connectivity index (χ3n) is 19.8. The fourth-order valence-corrected chi connectivity index (χ4v) is 15.5. The van der Waals surface area contributed by atoms with Gasteiger partial charge in [-0.15, -0.1) is 0 Å². The summed E-state index contributed by atoms with van der Waals surface area (Å²) in [6.45, 7) is 9.65. The van der Waals surface area contributed by atoms with Crippen LogP contribution in [0.1, 0.15) is 49.9 Å². The lowest BCUT2D eigenvalue weighted by atomic mass is 9.81. The lowest BCUT2D eigenvalue weighted by Crippen LogP contribution is -2.18. The van der Waals surface area contributed by atoms with Crippen LogP contribution in [0.2, 0.25) is 0 Å². The van der Waals surface area contributed by atoms with E-state index in [2.05, 4.69) is 337 Å². The van der Waals surface area contributed by atoms with Crippen LogP contribution in [0, 0.1) is 0 Å². The highest BCUT2D eigenvalue weighted by Crippen LogP contribution is 2.55. The second kappa shape index (κ2) is 18.8. The summed E-state index contributed by atoms with van der Waals surface area (Å²) in [5.41, 5.74) is 28.9. The summed E-state index contributed by atoms with van der Waals surface area (Å²) in [5, 5.41) is 7.56. The maximum atomic E-state index is 2.49. The van der Waals surface area contributed by atoms with Crippen LogP contribution in [0.4, 0.5) is 17.1 Å². The van der Waals surface area contributed by atoms with Crippen LogP contribution >= 0.6 is 0 Å². The van der Waals surface area contributed by atoms with E-state index < -0.39 is 0 Å². The van der Waals surface area contributed by atoms with Crippen molar-refractivity contribution in [3.63, 3.8) is 0 Å². The third-order valence-corrected chi connectivity index (χ3v) is 19.8. The van der Waals surface area contributed by atoms with E-state index in [4.69, 9.17) is 0 Å². The van der Waals surface area contributed by atoms with Gasteiger partial charge in [-0.2, -0.15) is 0 Å². The number of aromatic nitrogens is 3. The Kier molecular flexibility index (Phi) is 10.8. The number of hydrogen-bond acceptors (Lipinski definition) is 1. The number of benzene rings is 13. The molecule has 0 N–H and O–H groups in total. The van der Waals surface area contributed by atoms with Gasteiger partial charge in [-0.25, -0.2) is 0 Å². The van der Waals surface area contributed by atoms with Crippen molar-refractivity contribution in [3.8, 4) is 61.6 Å². The monoisotopic (exact) mass is 1120 g/mol. The highest BCUT2D eigenvalue weighted by Gasteiger charge is 2.39. The molecule has 0 atom stereocenters. The molecule has 4 heteroatoms. The average Bonchev–Trinajstić information content (AvgIpc) is 2.00. The predicted octanol–water partition coefficient (Wildman–Crippen LogP) is 22.4. The van der Waals surface area contributed by atoms with Gasteiger partial charge in [0.1, 0.15) is 0 Å². The van der Waals surface area contributed by atoms with Crippen LogP contribution in [0.15, 0.2) is 291 Å². The molecule has 2 aliphatic rings. The third kappa shape index (κ3) is 7.33. The minimum Gasteiger partial charge on any atom is -0.310 e. The number of para-hydroxylation sites is 6. The molecule has 3 aromatic heterocycles. The minimum absolute atomic E-state index is 0.284. The molecule has 0 unspecified atom stereocenters. The topological polar surface area (TPSA) is 18.0 Å². The van der Waals surface area contributed by atoms with Gasteiger partial charge >= 0.3 is 0 Å². The van der Waals surface area contributed by atoms with Crippen LogP contribution in [0.3, 0.4) is 0 Å². The van der Waals surface area contributed by atoms with Crippen molar-refractivity contribution in [2.45, 2.75) is 38.5 Å². The molecule has 0 amide bonds. The summed E-state index contributed by atoms with van der Waals surface area (Å²) in [4.78, 5) is 2.49. The van der Waals surface area contributed by atoms with Crippen molar-refractivity contribution in [2.24, 2.45) is 0 Å². The van der Waals surface area contributed by atoms with Crippen molar-refractivity contribution in [1.82, 2.24) is 13.7 Å². The van der Waals surface area contributed by atoms with Gasteiger partial charge in [0.2, 0.25) is 0 Å². The average molecular weight is 1130 g/mol. The fraction of sp³-hybridized carbons (Fsp3) is 0.0714. The molecule has 0 saturated heterocycles. The smallest absolute Gasteiger partial charge is 0.0547 e. The van der Waals surface area contributed by atoms with Crippen molar-refractivity contribution in [3.05, 3.63) is 313 Å². The lowest BCUT2D eigenvalue weighted by molar-refractivity contribution is 0.660. The molecule has 88 heavy (non-hydrogen) atoms. The van der Waals surface area contributed by atoms with E-state index in [1.165, 1.54) is 132 Å². The van der Waals surface area contributed by atoms with E-state index in [-0.39, 0.29) is 10.8 Å². The van der Waals surface area contributed by atoms with Gasteiger partial charge < -0.3 is 18.6 Å². The molecule has 16 aromatic rings. The van der Waals surface area contributed by atoms with Crippen LogP contribution in [-0.4, -0.2) is 13.7 Å². The van der Waals surface area contributed by atoms with Crippen molar-refractivity contribution in [1.29, 1.82) is 0 Å². The summed E-state index contributed by atoms with van der Waals surface area (Å²) in [5.74, 6) is 0. The number of rotatable bonds is 8. The Morgan fingerprint density at radius 3 is 0.909 bits per heavy atom. The van der Waals surface area contributed by atoms with E-state index in [1.807, 2.05) is 0 Å². The Hall–Kier alpha value is -10.9. The molecule has 0 spiro atoms. The first-order valence-corrected chi connectivity index (χ1v) is 30.8. The summed E-state index contributed by atoms with van der Waals surface area (Å²) in [6.07, 6.45) is 0. The van der Waals surface area contributed by atoms with E-state index in [9.17, 15) is 0 Å². The van der Waals surface area contributed by atoms with Gasteiger partial charge in [0, 0.05) is 77.3 Å². The molecule has 2 aliphatic carbocycles. The highest BCUT2D eigenvalue weighted by molar-refractivity contribution is 6.12. The molecule has 0 radical (unpaired) electrons. The maximum absolute atomic E-state index is 2.49. The zero-order valence-electron chi connectivity index (χ0n) is 49.5. The molecule has 0 fully saturated rings. The molecule has 0 aliphatic heterocycles. The second-order valence-electron chi connectivity index (χ2n) is 25.3. The molecule has 13 aromatic carbocycles. The van der Waals surface area contributed by atoms with Gasteiger partial charge in [0.05, 0.1) is 33.1 Å². The minimum atomic E-state index is -0.284. The van der Waals surface area contributed by atoms with E-state index in [0.29, 0.717) is 0 Å². The SMILES string of the molecule is CC1(C)c2cc(-c3ccc4c5ccccc5n(-c5ccccc5)c4c3)ccc2-c2ccc(N(c3ccc(-n4c5ccccc5c5ccccc54)cc3)c3ccc4c(c3)C(C)(C)c3cc(-c5ccc6c7ccccc7n(-c7ccccc7)c6c5)ccc3-4)cc21. The van der Waals surface area contributed by atoms with Gasteiger partial charge in [-0.05, 0) is 188 Å². The fourth-order valence-electron chi connectivity index (χ4n) is 15.5. The molecular weight excluding hydrogens is 1060 g/mol. The zero-order chi connectivity index (χ0) is 58.6. The summed E-state index contributed by atoms with van der Waals surface area (Å²) < 4.78 is 7.24. The van der Waals surface area contributed by atoms with Crippen molar-refractivity contribution >= 4 is 82.5 Å². The Bertz CT molecular complexity index is 5240. The summed E-state index contributed by atoms with van der Waals surface area (Å²) in [7, 11) is 0. The Morgan fingerprint density at radius 1 is 0.227 bits per heavy atom. The Balaban J connectivity index is 0.743. The van der Waals surface area contributed by atoms with Gasteiger partial charge in [-0.3, -0.25) is 0 Å². The van der Waals surface area contributed by atoms with E-state index in [0.717, 1.165) is 34.1 Å². The van der Waals surface area contributed by atoms with Crippen LogP contribution in [-0.2, 0) is 10.8 Å². The van der Waals surface area contributed by atoms with E-state index in [1.54, 1.807) is 0 Å². The number of nitrogens with zero attached hydrogens (tertiary/aromatic N) is 4. The summed E-state index contributed by atoms with van der Waals surface area (Å²) >= 11 is 0. The molecule has 0 saturated carbocycles. The van der Waals surface area contributed by atoms with Crippen LogP contribution in [0.25, 0.3) is 127 Å². The predicted molar refractivity (Wildman–Crippen MR) is 370 cm³/mol.